The fraction of sp³-hybridized carbons (Fsp3) is 0.0833. The molecule has 0 aliphatic carbocycles. The van der Waals surface area contributed by atoms with Crippen molar-refractivity contribution in [3.8, 4) is 0 Å². The number of halogens is 2. The van der Waals surface area contributed by atoms with Crippen LogP contribution in [0.5, 0.6) is 0 Å². The second-order valence-electron chi connectivity index (χ2n) is 3.71. The number of amides is 1. The lowest BCUT2D eigenvalue weighted by Gasteiger charge is -2.03. The number of carbonyl (C=O) groups excluding carboxylic acids is 1. The number of thiazole rings is 1. The Morgan fingerprint density at radius 3 is 2.85 bits per heavy atom. The monoisotopic (exact) mass is 328 g/mol. The van der Waals surface area contributed by atoms with Gasteiger partial charge in [-0.2, -0.15) is 5.10 Å². The minimum Gasteiger partial charge on any atom is -0.330 e. The van der Waals surface area contributed by atoms with Crippen LogP contribution in [0.2, 0.25) is 10.2 Å². The summed E-state index contributed by atoms with van der Waals surface area (Å²) in [5.41, 5.74) is 3.04. The zero-order valence-corrected chi connectivity index (χ0v) is 12.7. The molecule has 2 aromatic rings. The average molecular weight is 329 g/mol. The van der Waals surface area contributed by atoms with Gasteiger partial charge in [0.05, 0.1) is 21.8 Å². The van der Waals surface area contributed by atoms with Gasteiger partial charge in [0, 0.05) is 6.92 Å². The number of hydrogen-bond donors (Lipinski definition) is 2. The van der Waals surface area contributed by atoms with Gasteiger partial charge in [-0.05, 0) is 12.1 Å². The molecule has 1 aromatic carbocycles. The van der Waals surface area contributed by atoms with E-state index in [1.807, 2.05) is 18.2 Å². The second-order valence-corrected chi connectivity index (χ2v) is 5.50. The van der Waals surface area contributed by atoms with E-state index in [2.05, 4.69) is 20.8 Å². The number of nitrogens with one attached hydrogen (secondary N) is 2. The highest BCUT2D eigenvalue weighted by molar-refractivity contribution is 7.17. The van der Waals surface area contributed by atoms with E-state index in [-0.39, 0.29) is 5.91 Å². The van der Waals surface area contributed by atoms with Crippen molar-refractivity contribution in [1.29, 1.82) is 0 Å². The molecule has 0 saturated heterocycles. The molecule has 0 aliphatic heterocycles. The van der Waals surface area contributed by atoms with E-state index in [4.69, 9.17) is 23.2 Å². The van der Waals surface area contributed by atoms with Gasteiger partial charge in [-0.3, -0.25) is 4.79 Å². The van der Waals surface area contributed by atoms with Gasteiger partial charge >= 0.3 is 0 Å². The smallest absolute Gasteiger partial charge is 0.236 e. The van der Waals surface area contributed by atoms with Gasteiger partial charge in [0.15, 0.2) is 10.3 Å². The maximum atomic E-state index is 10.7. The fourth-order valence-corrected chi connectivity index (χ4v) is 2.53. The van der Waals surface area contributed by atoms with Crippen LogP contribution < -0.4 is 10.7 Å². The molecule has 0 fully saturated rings. The molecule has 1 heterocycles. The number of carbonyl (C=O) groups is 1. The largest absolute Gasteiger partial charge is 0.330 e. The van der Waals surface area contributed by atoms with E-state index in [1.54, 1.807) is 6.07 Å². The molecule has 0 aliphatic rings. The first kappa shape index (κ1) is 14.8. The molecule has 0 atom stereocenters. The Balaban J connectivity index is 2.13. The van der Waals surface area contributed by atoms with Gasteiger partial charge < -0.3 is 5.32 Å². The lowest BCUT2D eigenvalue weighted by molar-refractivity contribution is -0.118. The van der Waals surface area contributed by atoms with E-state index in [0.717, 1.165) is 5.69 Å². The molecule has 0 spiro atoms. The second kappa shape index (κ2) is 6.69. The van der Waals surface area contributed by atoms with Crippen molar-refractivity contribution >= 4 is 57.5 Å². The first-order valence-electron chi connectivity index (χ1n) is 5.54. The van der Waals surface area contributed by atoms with Crippen LogP contribution in [0.25, 0.3) is 0 Å². The summed E-state index contributed by atoms with van der Waals surface area (Å²) in [6.07, 6.45) is 1.44. The molecule has 104 valence electrons. The number of hydrazone groups is 1. The van der Waals surface area contributed by atoms with Crippen molar-refractivity contribution in [1.82, 2.24) is 10.4 Å². The Morgan fingerprint density at radius 2 is 2.15 bits per heavy atom. The van der Waals surface area contributed by atoms with E-state index >= 15 is 0 Å². The van der Waals surface area contributed by atoms with E-state index in [1.165, 1.54) is 24.5 Å². The summed E-state index contributed by atoms with van der Waals surface area (Å²) in [5, 5.41) is 8.31. The molecular formula is C12H10Cl2N4OS. The lowest BCUT2D eigenvalue weighted by Crippen LogP contribution is -2.12. The van der Waals surface area contributed by atoms with Gasteiger partial charge in [-0.1, -0.05) is 46.7 Å². The molecule has 0 saturated carbocycles. The maximum Gasteiger partial charge on any atom is 0.236 e. The first-order chi connectivity index (χ1) is 9.56. The predicted molar refractivity (Wildman–Crippen MR) is 83.3 cm³/mol. The van der Waals surface area contributed by atoms with Gasteiger partial charge in [0.2, 0.25) is 5.91 Å². The maximum absolute atomic E-state index is 10.7. The molecule has 1 amide bonds. The summed E-state index contributed by atoms with van der Waals surface area (Å²) >= 11 is 13.3. The Hall–Kier alpha value is -1.63. The van der Waals surface area contributed by atoms with Crippen LogP contribution in [0.3, 0.4) is 0 Å². The molecule has 2 rings (SSSR count). The summed E-state index contributed by atoms with van der Waals surface area (Å²) in [7, 11) is 0. The fourth-order valence-electron chi connectivity index (χ4n) is 1.31. The van der Waals surface area contributed by atoms with Crippen LogP contribution in [0.1, 0.15) is 11.8 Å². The number of rotatable bonds is 4. The molecule has 0 radical (unpaired) electrons. The van der Waals surface area contributed by atoms with Crippen molar-refractivity contribution in [3.05, 3.63) is 39.3 Å². The predicted octanol–water partition coefficient (Wildman–Crippen LogP) is 3.66. The number of para-hydroxylation sites is 1. The van der Waals surface area contributed by atoms with Gasteiger partial charge in [-0.25, -0.2) is 10.4 Å². The molecule has 5 nitrogen and oxygen atoms in total. The van der Waals surface area contributed by atoms with Crippen LogP contribution in [0.15, 0.2) is 29.4 Å². The summed E-state index contributed by atoms with van der Waals surface area (Å²) in [6.45, 7) is 1.37. The topological polar surface area (TPSA) is 66.4 Å². The molecule has 0 unspecified atom stereocenters. The highest BCUT2D eigenvalue weighted by atomic mass is 35.5. The van der Waals surface area contributed by atoms with E-state index < -0.39 is 0 Å². The summed E-state index contributed by atoms with van der Waals surface area (Å²) in [6, 6.07) is 7.32. The number of nitrogens with zero attached hydrogens (tertiary/aromatic N) is 2. The highest BCUT2D eigenvalue weighted by Crippen LogP contribution is 2.30. The third-order valence-corrected chi connectivity index (χ3v) is 3.76. The Bertz CT molecular complexity index is 657. The molecule has 8 heteroatoms. The van der Waals surface area contributed by atoms with Gasteiger partial charge in [0.25, 0.3) is 0 Å². The molecular weight excluding hydrogens is 319 g/mol. The number of benzene rings is 1. The van der Waals surface area contributed by atoms with Crippen molar-refractivity contribution < 1.29 is 4.79 Å². The Labute approximate surface area is 129 Å². The van der Waals surface area contributed by atoms with E-state index in [0.29, 0.717) is 20.2 Å². The minimum atomic E-state index is -0.253. The summed E-state index contributed by atoms with van der Waals surface area (Å²) in [4.78, 5) is 15.5. The highest BCUT2D eigenvalue weighted by Gasteiger charge is 2.09. The third-order valence-electron chi connectivity index (χ3n) is 2.13. The quantitative estimate of drug-likeness (QED) is 0.664. The molecule has 2 N–H and O–H groups in total. The molecule has 0 bridgehead atoms. The van der Waals surface area contributed by atoms with Crippen molar-refractivity contribution in [2.45, 2.75) is 6.92 Å². The standard InChI is InChI=1S/C12H10Cl2N4OS/c1-7(19)18-15-6-10-11(14)17-12(20-10)16-9-5-3-2-4-8(9)13/h2-6H,1H3,(H,16,17)(H,18,19)/b15-6+. The Kier molecular flexibility index (Phi) is 4.94. The average Bonchev–Trinajstić information content (AvgIpc) is 2.72. The molecule has 20 heavy (non-hydrogen) atoms. The van der Waals surface area contributed by atoms with Crippen LogP contribution in [-0.4, -0.2) is 17.1 Å². The summed E-state index contributed by atoms with van der Waals surface area (Å²) in [5.74, 6) is -0.253. The third kappa shape index (κ3) is 3.93. The van der Waals surface area contributed by atoms with E-state index in [9.17, 15) is 4.79 Å². The van der Waals surface area contributed by atoms with Crippen molar-refractivity contribution in [3.63, 3.8) is 0 Å². The Morgan fingerprint density at radius 1 is 1.40 bits per heavy atom. The number of aromatic nitrogens is 1. The lowest BCUT2D eigenvalue weighted by atomic mass is 10.3. The van der Waals surface area contributed by atoms with Gasteiger partial charge in [0.1, 0.15) is 0 Å². The van der Waals surface area contributed by atoms with Crippen LogP contribution in [-0.2, 0) is 4.79 Å². The zero-order valence-electron chi connectivity index (χ0n) is 10.4. The van der Waals surface area contributed by atoms with Crippen molar-refractivity contribution in [2.75, 3.05) is 5.32 Å². The van der Waals surface area contributed by atoms with Gasteiger partial charge in [-0.15, -0.1) is 0 Å². The van der Waals surface area contributed by atoms with Crippen LogP contribution in [0, 0.1) is 0 Å². The summed E-state index contributed by atoms with van der Waals surface area (Å²) < 4.78 is 0. The number of hydrogen-bond acceptors (Lipinski definition) is 5. The number of anilines is 2. The van der Waals surface area contributed by atoms with Crippen LogP contribution in [0.4, 0.5) is 10.8 Å². The van der Waals surface area contributed by atoms with Crippen LogP contribution >= 0.6 is 34.5 Å². The zero-order chi connectivity index (χ0) is 14.5. The SMILES string of the molecule is CC(=O)N/N=C/c1sc(Nc2ccccc2Cl)nc1Cl. The first-order valence-corrected chi connectivity index (χ1v) is 7.11. The molecule has 1 aromatic heterocycles. The normalized spacial score (nSPS) is 10.8. The van der Waals surface area contributed by atoms with Crippen molar-refractivity contribution in [2.24, 2.45) is 5.10 Å². The minimum absolute atomic E-state index is 0.253.